The molecule has 0 spiro atoms. The third kappa shape index (κ3) is 3.56. The second-order valence-corrected chi connectivity index (χ2v) is 8.67. The maximum absolute atomic E-state index is 13.8. The van der Waals surface area contributed by atoms with Crippen LogP contribution in [0.5, 0.6) is 5.75 Å². The largest absolute Gasteiger partial charge is 0.497 e. The van der Waals surface area contributed by atoms with E-state index < -0.39 is 6.04 Å². The molecule has 6 heteroatoms. The Bertz CT molecular complexity index is 1410. The van der Waals surface area contributed by atoms with Gasteiger partial charge in [0.25, 0.3) is 5.91 Å². The Morgan fingerprint density at radius 2 is 1.73 bits per heavy atom. The van der Waals surface area contributed by atoms with Crippen molar-refractivity contribution in [3.05, 3.63) is 87.8 Å². The van der Waals surface area contributed by atoms with Crippen LogP contribution < -0.4 is 10.2 Å². The number of hydrogen-bond donors (Lipinski definition) is 0. The number of amides is 1. The van der Waals surface area contributed by atoms with Crippen LogP contribution in [-0.2, 0) is 0 Å². The Labute approximate surface area is 192 Å². The van der Waals surface area contributed by atoms with E-state index in [4.69, 9.17) is 9.15 Å². The van der Waals surface area contributed by atoms with Gasteiger partial charge in [-0.15, -0.1) is 0 Å². The van der Waals surface area contributed by atoms with Crippen LogP contribution in [0.3, 0.4) is 0 Å². The zero-order valence-electron chi connectivity index (χ0n) is 19.0. The van der Waals surface area contributed by atoms with E-state index in [0.29, 0.717) is 23.1 Å². The molecule has 0 unspecified atom stereocenters. The van der Waals surface area contributed by atoms with Gasteiger partial charge in [0.15, 0.2) is 5.43 Å². The van der Waals surface area contributed by atoms with E-state index in [2.05, 4.69) is 4.90 Å². The molecule has 1 aliphatic heterocycles. The van der Waals surface area contributed by atoms with Crippen LogP contribution in [0.4, 0.5) is 0 Å². The van der Waals surface area contributed by atoms with Crippen molar-refractivity contribution in [1.82, 2.24) is 9.80 Å². The third-order valence-corrected chi connectivity index (χ3v) is 6.29. The van der Waals surface area contributed by atoms with Crippen molar-refractivity contribution in [2.24, 2.45) is 0 Å². The van der Waals surface area contributed by atoms with E-state index >= 15 is 0 Å². The number of benzene rings is 3. The van der Waals surface area contributed by atoms with Crippen molar-refractivity contribution in [2.45, 2.75) is 12.5 Å². The molecule has 0 N–H and O–H groups in total. The normalized spacial score (nSPS) is 15.6. The maximum Gasteiger partial charge on any atom is 0.290 e. The minimum atomic E-state index is -0.493. The van der Waals surface area contributed by atoms with Crippen LogP contribution in [0.15, 0.2) is 69.9 Å². The summed E-state index contributed by atoms with van der Waals surface area (Å²) in [4.78, 5) is 31.2. The van der Waals surface area contributed by atoms with Crippen molar-refractivity contribution in [1.29, 1.82) is 0 Å². The average molecular weight is 443 g/mol. The highest BCUT2D eigenvalue weighted by atomic mass is 16.5. The number of carbonyl (C=O) groups excluding carboxylic acids is 1. The summed E-state index contributed by atoms with van der Waals surface area (Å²) in [6.45, 7) is 1.36. The minimum absolute atomic E-state index is 0.148. The summed E-state index contributed by atoms with van der Waals surface area (Å²) in [6.07, 6.45) is 0.788. The van der Waals surface area contributed by atoms with Crippen LogP contribution in [-0.4, -0.2) is 50.0 Å². The molecule has 0 aliphatic carbocycles. The fraction of sp³-hybridized carbons (Fsp3) is 0.259. The average Bonchev–Trinajstić information content (AvgIpc) is 3.11. The van der Waals surface area contributed by atoms with Gasteiger partial charge in [0, 0.05) is 11.9 Å². The first-order valence-corrected chi connectivity index (χ1v) is 11.1. The first kappa shape index (κ1) is 21.2. The predicted octanol–water partition coefficient (Wildman–Crippen LogP) is 4.45. The molecule has 0 radical (unpaired) electrons. The number of hydrogen-bond acceptors (Lipinski definition) is 5. The second kappa shape index (κ2) is 8.37. The smallest absolute Gasteiger partial charge is 0.290 e. The molecule has 0 fully saturated rings. The lowest BCUT2D eigenvalue weighted by Gasteiger charge is -2.25. The van der Waals surface area contributed by atoms with Crippen LogP contribution >= 0.6 is 0 Å². The van der Waals surface area contributed by atoms with Crippen LogP contribution in [0.1, 0.15) is 34.1 Å². The molecule has 4 aromatic rings. The number of methoxy groups -OCH3 is 1. The van der Waals surface area contributed by atoms with Gasteiger partial charge in [-0.1, -0.05) is 42.5 Å². The zero-order chi connectivity index (χ0) is 23.1. The molecule has 0 saturated heterocycles. The standard InChI is InChI=1S/C27H26N2O4/c1-28(2)15-6-16-29-23(18-9-12-19(32-3)13-10-18)22-24(30)21-14-11-17-7-4-5-8-20(17)25(21)33-26(22)27(29)31/h4-5,7-14,23H,6,15-16H2,1-3H3/t23-/m0/s1. The summed E-state index contributed by atoms with van der Waals surface area (Å²) in [7, 11) is 5.62. The first-order chi connectivity index (χ1) is 16.0. The number of ether oxygens (including phenoxy) is 1. The van der Waals surface area contributed by atoms with E-state index in [1.165, 1.54) is 0 Å². The number of fused-ring (bicyclic) bond motifs is 4. The Morgan fingerprint density at radius 3 is 2.45 bits per heavy atom. The van der Waals surface area contributed by atoms with Gasteiger partial charge >= 0.3 is 0 Å². The molecule has 1 amide bonds. The summed E-state index contributed by atoms with van der Waals surface area (Å²) in [5.41, 5.74) is 1.59. The minimum Gasteiger partial charge on any atom is -0.497 e. The van der Waals surface area contributed by atoms with E-state index in [1.54, 1.807) is 18.1 Å². The molecule has 1 aromatic heterocycles. The third-order valence-electron chi connectivity index (χ3n) is 6.29. The number of carbonyl (C=O) groups is 1. The zero-order valence-corrected chi connectivity index (χ0v) is 19.0. The SMILES string of the molecule is COc1ccc([C@H]2c3c(oc4c(ccc5ccccc54)c3=O)C(=O)N2CCCN(C)C)cc1. The highest BCUT2D eigenvalue weighted by molar-refractivity contribution is 6.06. The Morgan fingerprint density at radius 1 is 0.970 bits per heavy atom. The van der Waals surface area contributed by atoms with E-state index in [-0.39, 0.29) is 17.1 Å². The van der Waals surface area contributed by atoms with Gasteiger partial charge in [0.2, 0.25) is 5.76 Å². The number of nitrogens with zero attached hydrogens (tertiary/aromatic N) is 2. The lowest BCUT2D eigenvalue weighted by molar-refractivity contribution is 0.0722. The quantitative estimate of drug-likeness (QED) is 0.413. The highest BCUT2D eigenvalue weighted by Gasteiger charge is 2.42. The van der Waals surface area contributed by atoms with Gasteiger partial charge in [-0.3, -0.25) is 9.59 Å². The molecule has 0 bridgehead atoms. The first-order valence-electron chi connectivity index (χ1n) is 11.1. The Balaban J connectivity index is 1.71. The van der Waals surface area contributed by atoms with Gasteiger partial charge < -0.3 is 19.0 Å². The van der Waals surface area contributed by atoms with Gasteiger partial charge in [0.05, 0.1) is 24.1 Å². The van der Waals surface area contributed by atoms with Crippen LogP contribution in [0.2, 0.25) is 0 Å². The van der Waals surface area contributed by atoms with Crippen molar-refractivity contribution in [3.8, 4) is 5.75 Å². The second-order valence-electron chi connectivity index (χ2n) is 8.67. The summed E-state index contributed by atoms with van der Waals surface area (Å²) in [5, 5.41) is 2.29. The molecule has 5 rings (SSSR count). The molecule has 0 saturated carbocycles. The van der Waals surface area contributed by atoms with Crippen molar-refractivity contribution in [2.75, 3.05) is 34.3 Å². The molecule has 1 aliphatic rings. The monoisotopic (exact) mass is 442 g/mol. The van der Waals surface area contributed by atoms with Crippen LogP contribution in [0.25, 0.3) is 21.7 Å². The van der Waals surface area contributed by atoms with Gasteiger partial charge in [-0.2, -0.15) is 0 Å². The highest BCUT2D eigenvalue weighted by Crippen LogP contribution is 2.39. The summed E-state index contributed by atoms with van der Waals surface area (Å²) >= 11 is 0. The van der Waals surface area contributed by atoms with Gasteiger partial charge in [-0.25, -0.2) is 0 Å². The topological polar surface area (TPSA) is 63.0 Å². The predicted molar refractivity (Wildman–Crippen MR) is 129 cm³/mol. The molecule has 1 atom stereocenters. The summed E-state index contributed by atoms with van der Waals surface area (Å²) in [5.74, 6) is 0.630. The summed E-state index contributed by atoms with van der Waals surface area (Å²) in [6, 6.07) is 18.5. The van der Waals surface area contributed by atoms with E-state index in [1.807, 2.05) is 68.7 Å². The van der Waals surface area contributed by atoms with Crippen molar-refractivity contribution >= 4 is 27.6 Å². The van der Waals surface area contributed by atoms with Crippen molar-refractivity contribution in [3.63, 3.8) is 0 Å². The molecule has 168 valence electrons. The van der Waals surface area contributed by atoms with E-state index in [9.17, 15) is 9.59 Å². The lowest BCUT2D eigenvalue weighted by atomic mass is 9.97. The fourth-order valence-electron chi connectivity index (χ4n) is 4.67. The lowest BCUT2D eigenvalue weighted by Crippen LogP contribution is -2.32. The molecule has 3 aromatic carbocycles. The Kier molecular flexibility index (Phi) is 5.38. The maximum atomic E-state index is 13.8. The summed E-state index contributed by atoms with van der Waals surface area (Å²) < 4.78 is 11.5. The molecular formula is C27H26N2O4. The van der Waals surface area contributed by atoms with Gasteiger partial charge in [-0.05, 0) is 56.2 Å². The van der Waals surface area contributed by atoms with Crippen molar-refractivity contribution < 1.29 is 13.9 Å². The van der Waals surface area contributed by atoms with Gasteiger partial charge in [0.1, 0.15) is 11.3 Å². The van der Waals surface area contributed by atoms with Crippen LogP contribution in [0, 0.1) is 0 Å². The molecule has 6 nitrogen and oxygen atoms in total. The molecule has 33 heavy (non-hydrogen) atoms. The molecular weight excluding hydrogens is 416 g/mol. The Hall–Kier alpha value is -3.64. The number of rotatable bonds is 6. The fourth-order valence-corrected chi connectivity index (χ4v) is 4.67. The van der Waals surface area contributed by atoms with E-state index in [0.717, 1.165) is 35.1 Å². The molecule has 2 heterocycles.